The van der Waals surface area contributed by atoms with E-state index in [9.17, 15) is 19.5 Å². The Kier molecular flexibility index (Phi) is 4.32. The summed E-state index contributed by atoms with van der Waals surface area (Å²) in [7, 11) is 0. The summed E-state index contributed by atoms with van der Waals surface area (Å²) in [4.78, 5) is 37.8. The Bertz CT molecular complexity index is 914. The molecule has 6 nitrogen and oxygen atoms in total. The lowest BCUT2D eigenvalue weighted by molar-refractivity contribution is -0.132. The molecule has 0 aliphatic rings. The third-order valence-electron chi connectivity index (χ3n) is 3.16. The van der Waals surface area contributed by atoms with Crippen molar-refractivity contribution in [3.05, 3.63) is 54.9 Å². The van der Waals surface area contributed by atoms with Crippen LogP contribution in [0.4, 0.5) is 0 Å². The van der Waals surface area contributed by atoms with Crippen LogP contribution in [0.5, 0.6) is 5.75 Å². The molecule has 2 aromatic rings. The number of halogens is 1. The van der Waals surface area contributed by atoms with E-state index in [1.807, 2.05) is 0 Å². The molecule has 1 aromatic carbocycles. The molecule has 0 unspecified atom stereocenters. The van der Waals surface area contributed by atoms with Gasteiger partial charge < -0.3 is 15.2 Å². The number of aliphatic carboxylic acids is 1. The summed E-state index contributed by atoms with van der Waals surface area (Å²) in [6, 6.07) is 4.25. The van der Waals surface area contributed by atoms with Crippen LogP contribution in [0.3, 0.4) is 0 Å². The summed E-state index contributed by atoms with van der Waals surface area (Å²) < 4.78 is 0. The summed E-state index contributed by atoms with van der Waals surface area (Å²) in [5.74, 6) is -2.05. The second-order valence-electron chi connectivity index (χ2n) is 4.56. The number of benzene rings is 1. The van der Waals surface area contributed by atoms with Gasteiger partial charge in [0.05, 0.1) is 11.1 Å². The molecular formula is C15H12ClNO5. The zero-order valence-corrected chi connectivity index (χ0v) is 12.3. The largest absolute Gasteiger partial charge is 0.503 e. The molecule has 0 spiro atoms. The molecule has 2 rings (SSSR count). The maximum absolute atomic E-state index is 12.5. The van der Waals surface area contributed by atoms with Crippen LogP contribution in [0.2, 0.25) is 5.02 Å². The van der Waals surface area contributed by atoms with Gasteiger partial charge in [-0.3, -0.25) is 9.59 Å². The van der Waals surface area contributed by atoms with E-state index < -0.39 is 22.7 Å². The number of rotatable bonds is 3. The smallest absolute Gasteiger partial charge is 0.331 e. The summed E-state index contributed by atoms with van der Waals surface area (Å²) in [6.45, 7) is 1.59. The minimum atomic E-state index is -1.23. The number of aromatic hydroxyl groups is 1. The first kappa shape index (κ1) is 15.8. The van der Waals surface area contributed by atoms with Gasteiger partial charge in [0, 0.05) is 16.0 Å². The Labute approximate surface area is 129 Å². The molecule has 0 fully saturated rings. The highest BCUT2D eigenvalue weighted by Gasteiger charge is 2.14. The number of aromatic amines is 1. The molecular weight excluding hydrogens is 310 g/mol. The first-order valence-electron chi connectivity index (χ1n) is 6.37. The number of hydrogen-bond donors (Lipinski definition) is 3. The van der Waals surface area contributed by atoms with Gasteiger partial charge in [0.1, 0.15) is 0 Å². The third kappa shape index (κ3) is 2.87. The number of carbonyl (C=O) groups is 1. The van der Waals surface area contributed by atoms with Crippen LogP contribution in [0.15, 0.2) is 33.4 Å². The molecule has 0 aliphatic heterocycles. The van der Waals surface area contributed by atoms with E-state index in [2.05, 4.69) is 4.98 Å². The van der Waals surface area contributed by atoms with Crippen LogP contribution in [-0.4, -0.2) is 21.2 Å². The average Bonchev–Trinajstić information content (AvgIpc) is 2.54. The molecule has 0 atom stereocenters. The van der Waals surface area contributed by atoms with Crippen LogP contribution in [0, 0.1) is 0 Å². The topological polar surface area (TPSA) is 107 Å². The fraction of sp³-hybridized carbons (Fsp3) is 0.133. The quantitative estimate of drug-likeness (QED) is 0.751. The van der Waals surface area contributed by atoms with Crippen molar-refractivity contribution in [2.45, 2.75) is 13.3 Å². The fourth-order valence-corrected chi connectivity index (χ4v) is 2.17. The highest BCUT2D eigenvalue weighted by molar-refractivity contribution is 6.31. The van der Waals surface area contributed by atoms with Crippen LogP contribution >= 0.6 is 11.6 Å². The van der Waals surface area contributed by atoms with Crippen molar-refractivity contribution in [2.75, 3.05) is 0 Å². The molecule has 0 aliphatic carbocycles. The first-order valence-corrected chi connectivity index (χ1v) is 6.75. The SMILES string of the molecule is CCC(=Cc1c(O)c(=O)[nH]c2cc(Cl)ccc2c1=O)C(=O)O. The van der Waals surface area contributed by atoms with Crippen LogP contribution in [-0.2, 0) is 4.79 Å². The van der Waals surface area contributed by atoms with Crippen molar-refractivity contribution < 1.29 is 15.0 Å². The van der Waals surface area contributed by atoms with Gasteiger partial charge >= 0.3 is 5.97 Å². The van der Waals surface area contributed by atoms with E-state index in [1.165, 1.54) is 18.2 Å². The normalized spacial score (nSPS) is 11.6. The van der Waals surface area contributed by atoms with E-state index in [-0.39, 0.29) is 28.5 Å². The standard InChI is InChI=1S/C15H12ClNO5/c1-2-7(15(21)22)5-10-12(18)9-4-3-8(16)6-11(9)17-14(20)13(10)19/h3-6,19H,2H2,1H3,(H,17,20)(H,21,22). The van der Waals surface area contributed by atoms with E-state index in [1.54, 1.807) is 6.92 Å². The molecule has 7 heteroatoms. The van der Waals surface area contributed by atoms with E-state index in [4.69, 9.17) is 16.7 Å². The molecule has 0 saturated carbocycles. The zero-order valence-electron chi connectivity index (χ0n) is 11.5. The average molecular weight is 322 g/mol. The Morgan fingerprint density at radius 2 is 2.05 bits per heavy atom. The Morgan fingerprint density at radius 1 is 1.36 bits per heavy atom. The minimum Gasteiger partial charge on any atom is -0.503 e. The Morgan fingerprint density at radius 3 is 2.64 bits per heavy atom. The Balaban J connectivity index is 2.98. The number of carboxylic acids is 1. The highest BCUT2D eigenvalue weighted by Crippen LogP contribution is 2.18. The maximum Gasteiger partial charge on any atom is 0.331 e. The number of fused-ring (bicyclic) bond motifs is 1. The van der Waals surface area contributed by atoms with Crippen molar-refractivity contribution in [3.8, 4) is 5.75 Å². The monoisotopic (exact) mass is 321 g/mol. The fourth-order valence-electron chi connectivity index (χ4n) is 2.00. The second-order valence-corrected chi connectivity index (χ2v) is 5.00. The number of carboxylic acid groups (broad SMARTS) is 1. The lowest BCUT2D eigenvalue weighted by atomic mass is 10.1. The van der Waals surface area contributed by atoms with Crippen molar-refractivity contribution in [1.82, 2.24) is 4.98 Å². The van der Waals surface area contributed by atoms with Crippen molar-refractivity contribution in [2.24, 2.45) is 0 Å². The van der Waals surface area contributed by atoms with Crippen molar-refractivity contribution in [1.29, 1.82) is 0 Å². The predicted octanol–water partition coefficient (Wildman–Crippen LogP) is 2.13. The maximum atomic E-state index is 12.5. The number of hydrogen-bond acceptors (Lipinski definition) is 4. The molecule has 0 radical (unpaired) electrons. The number of H-pyrrole nitrogens is 1. The summed E-state index contributed by atoms with van der Waals surface area (Å²) in [5.41, 5.74) is -1.86. The zero-order chi connectivity index (χ0) is 16.4. The van der Waals surface area contributed by atoms with Gasteiger partial charge in [-0.1, -0.05) is 18.5 Å². The molecule has 0 saturated heterocycles. The molecule has 0 bridgehead atoms. The van der Waals surface area contributed by atoms with Gasteiger partial charge in [0.15, 0.2) is 11.2 Å². The molecule has 3 N–H and O–H groups in total. The van der Waals surface area contributed by atoms with Crippen LogP contribution in [0.1, 0.15) is 18.9 Å². The van der Waals surface area contributed by atoms with Gasteiger partial charge in [-0.05, 0) is 30.7 Å². The van der Waals surface area contributed by atoms with E-state index >= 15 is 0 Å². The second kappa shape index (κ2) is 6.03. The molecule has 1 aromatic heterocycles. The van der Waals surface area contributed by atoms with Crippen LogP contribution in [0.25, 0.3) is 17.0 Å². The van der Waals surface area contributed by atoms with E-state index in [0.29, 0.717) is 5.02 Å². The van der Waals surface area contributed by atoms with Gasteiger partial charge in [-0.2, -0.15) is 0 Å². The van der Waals surface area contributed by atoms with Gasteiger partial charge in [-0.15, -0.1) is 0 Å². The number of aromatic nitrogens is 1. The lowest BCUT2D eigenvalue weighted by Crippen LogP contribution is -2.08. The minimum absolute atomic E-state index is 0.0971. The molecule has 22 heavy (non-hydrogen) atoms. The summed E-state index contributed by atoms with van der Waals surface area (Å²) >= 11 is 5.82. The van der Waals surface area contributed by atoms with Crippen LogP contribution < -0.4 is 11.0 Å². The summed E-state index contributed by atoms with van der Waals surface area (Å²) in [5, 5.41) is 19.4. The van der Waals surface area contributed by atoms with Gasteiger partial charge in [-0.25, -0.2) is 4.79 Å². The van der Waals surface area contributed by atoms with Gasteiger partial charge in [0.25, 0.3) is 5.56 Å². The summed E-state index contributed by atoms with van der Waals surface area (Å²) in [6.07, 6.45) is 1.15. The predicted molar refractivity (Wildman–Crippen MR) is 83.4 cm³/mol. The first-order chi connectivity index (χ1) is 10.3. The third-order valence-corrected chi connectivity index (χ3v) is 3.40. The molecule has 114 valence electrons. The van der Waals surface area contributed by atoms with Crippen molar-refractivity contribution >= 4 is 34.5 Å². The lowest BCUT2D eigenvalue weighted by Gasteiger charge is -1.98. The number of nitrogens with one attached hydrogen (secondary N) is 1. The van der Waals surface area contributed by atoms with Gasteiger partial charge in [0.2, 0.25) is 0 Å². The molecule has 1 heterocycles. The molecule has 0 amide bonds. The van der Waals surface area contributed by atoms with E-state index in [0.717, 1.165) is 6.08 Å². The highest BCUT2D eigenvalue weighted by atomic mass is 35.5. The van der Waals surface area contributed by atoms with Crippen molar-refractivity contribution in [3.63, 3.8) is 0 Å². The Hall–Kier alpha value is -2.60.